The number of hydrogen-bond acceptors (Lipinski definition) is 1. The smallest absolute Gasteiger partial charge is 0.237 e. The average Bonchev–Trinajstić information content (AvgIpc) is 3.06. The molecule has 2 aromatic carbocycles. The Hall–Kier alpha value is -1.80. The lowest BCUT2D eigenvalue weighted by atomic mass is 9.84. The van der Waals surface area contributed by atoms with Gasteiger partial charge in [-0.2, -0.15) is 0 Å². The summed E-state index contributed by atoms with van der Waals surface area (Å²) in [6.45, 7) is 0.812. The molecule has 0 N–H and O–H groups in total. The quantitative estimate of drug-likeness (QED) is 0.780. The van der Waals surface area contributed by atoms with Gasteiger partial charge in [0.05, 0.1) is 0 Å². The molecule has 0 spiro atoms. The van der Waals surface area contributed by atoms with E-state index in [-0.39, 0.29) is 23.7 Å². The Balaban J connectivity index is 2.00. The van der Waals surface area contributed by atoms with Crippen molar-refractivity contribution in [3.8, 4) is 0 Å². The predicted octanol–water partition coefficient (Wildman–Crippen LogP) is 4.05. The molecule has 0 radical (unpaired) electrons. The van der Waals surface area contributed by atoms with Gasteiger partial charge in [-0.15, -0.1) is 11.6 Å². The van der Waals surface area contributed by atoms with Gasteiger partial charge in [-0.25, -0.2) is 0 Å². The molecular weight excluding hydrogens is 294 g/mol. The fourth-order valence-corrected chi connectivity index (χ4v) is 3.64. The monoisotopic (exact) mass is 313 g/mol. The predicted molar refractivity (Wildman–Crippen MR) is 90.2 cm³/mol. The van der Waals surface area contributed by atoms with Crippen LogP contribution in [0.25, 0.3) is 0 Å². The molecule has 3 rings (SSSR count). The van der Waals surface area contributed by atoms with Crippen molar-refractivity contribution in [3.05, 3.63) is 71.8 Å². The standard InChI is InChI=1S/C19H20ClNO/c20-14-18(22)21-13-7-12-17(21)19(15-8-3-1-4-9-15)16-10-5-2-6-11-16/h1-6,8-11,17,19H,7,12-14H2/t17-/m0/s1. The molecule has 2 nitrogen and oxygen atoms in total. The highest BCUT2D eigenvalue weighted by molar-refractivity contribution is 6.27. The Kier molecular flexibility index (Phi) is 4.79. The Bertz CT molecular complexity index is 574. The van der Waals surface area contributed by atoms with Crippen molar-refractivity contribution in [3.63, 3.8) is 0 Å². The number of halogens is 1. The van der Waals surface area contributed by atoms with E-state index >= 15 is 0 Å². The first-order chi connectivity index (χ1) is 10.8. The summed E-state index contributed by atoms with van der Waals surface area (Å²) in [4.78, 5) is 14.2. The first-order valence-electron chi connectivity index (χ1n) is 7.76. The Labute approximate surface area is 136 Å². The molecule has 1 aliphatic rings. The molecule has 2 aromatic rings. The Morgan fingerprint density at radius 3 is 2.09 bits per heavy atom. The fourth-order valence-electron chi connectivity index (χ4n) is 3.48. The van der Waals surface area contributed by atoms with E-state index in [0.29, 0.717) is 0 Å². The summed E-state index contributed by atoms with van der Waals surface area (Å²) in [5.74, 6) is 0.311. The van der Waals surface area contributed by atoms with Crippen LogP contribution in [0.1, 0.15) is 29.9 Å². The summed E-state index contributed by atoms with van der Waals surface area (Å²) >= 11 is 5.80. The molecule has 3 heteroatoms. The van der Waals surface area contributed by atoms with Crippen LogP contribution >= 0.6 is 11.6 Å². The molecular formula is C19H20ClNO. The van der Waals surface area contributed by atoms with Crippen LogP contribution in [0.15, 0.2) is 60.7 Å². The second-order valence-electron chi connectivity index (χ2n) is 5.73. The molecule has 0 saturated carbocycles. The van der Waals surface area contributed by atoms with E-state index in [1.165, 1.54) is 11.1 Å². The highest BCUT2D eigenvalue weighted by Crippen LogP contribution is 2.36. The highest BCUT2D eigenvalue weighted by Gasteiger charge is 2.35. The Morgan fingerprint density at radius 1 is 1.05 bits per heavy atom. The van der Waals surface area contributed by atoms with Gasteiger partial charge in [0, 0.05) is 18.5 Å². The van der Waals surface area contributed by atoms with Gasteiger partial charge >= 0.3 is 0 Å². The van der Waals surface area contributed by atoms with Crippen molar-refractivity contribution < 1.29 is 4.79 Å². The zero-order valence-corrected chi connectivity index (χ0v) is 13.2. The molecule has 1 aliphatic heterocycles. The molecule has 22 heavy (non-hydrogen) atoms. The van der Waals surface area contributed by atoms with E-state index in [2.05, 4.69) is 48.5 Å². The molecule has 1 saturated heterocycles. The maximum absolute atomic E-state index is 12.2. The minimum atomic E-state index is 0.0426. The topological polar surface area (TPSA) is 20.3 Å². The summed E-state index contributed by atoms with van der Waals surface area (Å²) < 4.78 is 0. The number of hydrogen-bond donors (Lipinski definition) is 0. The largest absolute Gasteiger partial charge is 0.338 e. The second-order valence-corrected chi connectivity index (χ2v) is 6.00. The molecule has 1 amide bonds. The fraction of sp³-hybridized carbons (Fsp3) is 0.316. The maximum Gasteiger partial charge on any atom is 0.237 e. The lowest BCUT2D eigenvalue weighted by molar-refractivity contribution is -0.129. The molecule has 1 heterocycles. The first kappa shape index (κ1) is 15.1. The van der Waals surface area contributed by atoms with Crippen LogP contribution in [0, 0.1) is 0 Å². The van der Waals surface area contributed by atoms with Gasteiger partial charge in [0.2, 0.25) is 5.91 Å². The van der Waals surface area contributed by atoms with Gasteiger partial charge in [0.15, 0.2) is 0 Å². The van der Waals surface area contributed by atoms with E-state index in [1.807, 2.05) is 17.0 Å². The maximum atomic E-state index is 12.2. The average molecular weight is 314 g/mol. The van der Waals surface area contributed by atoms with Gasteiger partial charge in [0.25, 0.3) is 0 Å². The van der Waals surface area contributed by atoms with Crippen molar-refractivity contribution in [2.75, 3.05) is 12.4 Å². The minimum absolute atomic E-state index is 0.0426. The number of nitrogens with zero attached hydrogens (tertiary/aromatic N) is 1. The lowest BCUT2D eigenvalue weighted by Crippen LogP contribution is -2.40. The first-order valence-corrected chi connectivity index (χ1v) is 8.30. The zero-order valence-electron chi connectivity index (χ0n) is 12.5. The van der Waals surface area contributed by atoms with Crippen LogP contribution in [0.2, 0.25) is 0 Å². The minimum Gasteiger partial charge on any atom is -0.338 e. The van der Waals surface area contributed by atoms with Crippen molar-refractivity contribution in [1.29, 1.82) is 0 Å². The second kappa shape index (κ2) is 6.97. The third-order valence-corrected chi connectivity index (χ3v) is 4.66. The third-order valence-electron chi connectivity index (χ3n) is 4.44. The molecule has 0 bridgehead atoms. The highest BCUT2D eigenvalue weighted by atomic mass is 35.5. The zero-order chi connectivity index (χ0) is 15.4. The normalized spacial score (nSPS) is 17.9. The number of benzene rings is 2. The van der Waals surface area contributed by atoms with E-state index in [4.69, 9.17) is 11.6 Å². The van der Waals surface area contributed by atoms with E-state index in [0.717, 1.165) is 19.4 Å². The molecule has 0 aliphatic carbocycles. The lowest BCUT2D eigenvalue weighted by Gasteiger charge is -2.32. The molecule has 1 atom stereocenters. The van der Waals surface area contributed by atoms with Gasteiger partial charge in [0.1, 0.15) is 5.88 Å². The van der Waals surface area contributed by atoms with E-state index in [1.54, 1.807) is 0 Å². The van der Waals surface area contributed by atoms with Crippen molar-refractivity contribution in [2.24, 2.45) is 0 Å². The van der Waals surface area contributed by atoms with Gasteiger partial charge in [-0.05, 0) is 24.0 Å². The summed E-state index contributed by atoms with van der Waals surface area (Å²) in [6, 6.07) is 21.1. The summed E-state index contributed by atoms with van der Waals surface area (Å²) in [5, 5.41) is 0. The number of rotatable bonds is 4. The van der Waals surface area contributed by atoms with Gasteiger partial charge in [-0.3, -0.25) is 4.79 Å². The van der Waals surface area contributed by atoms with E-state index < -0.39 is 0 Å². The third kappa shape index (κ3) is 3.02. The van der Waals surface area contributed by atoms with Crippen molar-refractivity contribution in [2.45, 2.75) is 24.8 Å². The number of amides is 1. The molecule has 0 aromatic heterocycles. The summed E-state index contributed by atoms with van der Waals surface area (Å²) in [6.07, 6.45) is 2.07. The van der Waals surface area contributed by atoms with Crippen LogP contribution in [0.5, 0.6) is 0 Å². The van der Waals surface area contributed by atoms with Crippen molar-refractivity contribution >= 4 is 17.5 Å². The Morgan fingerprint density at radius 2 is 1.59 bits per heavy atom. The molecule has 114 valence electrons. The number of carbonyl (C=O) groups excluding carboxylic acids is 1. The van der Waals surface area contributed by atoms with Gasteiger partial charge < -0.3 is 4.90 Å². The van der Waals surface area contributed by atoms with Crippen LogP contribution in [-0.2, 0) is 4.79 Å². The molecule has 1 fully saturated rings. The summed E-state index contributed by atoms with van der Waals surface area (Å²) in [7, 11) is 0. The van der Waals surface area contributed by atoms with Crippen LogP contribution in [0.4, 0.5) is 0 Å². The number of likely N-dealkylation sites (tertiary alicyclic amines) is 1. The van der Waals surface area contributed by atoms with Crippen molar-refractivity contribution in [1.82, 2.24) is 4.90 Å². The van der Waals surface area contributed by atoms with Crippen LogP contribution < -0.4 is 0 Å². The van der Waals surface area contributed by atoms with Crippen LogP contribution in [-0.4, -0.2) is 29.3 Å². The van der Waals surface area contributed by atoms with Crippen LogP contribution in [0.3, 0.4) is 0 Å². The molecule has 0 unspecified atom stereocenters. The summed E-state index contributed by atoms with van der Waals surface area (Å²) in [5.41, 5.74) is 2.51. The number of alkyl halides is 1. The van der Waals surface area contributed by atoms with E-state index in [9.17, 15) is 4.79 Å². The SMILES string of the molecule is O=C(CCl)N1CCC[C@H]1C(c1ccccc1)c1ccccc1. The van der Waals surface area contributed by atoms with Gasteiger partial charge in [-0.1, -0.05) is 60.7 Å². The number of carbonyl (C=O) groups is 1.